The fraction of sp³-hybridized carbons (Fsp3) is 0.500. The number of aryl methyl sites for hydroxylation is 1. The molecule has 0 aliphatic heterocycles. The van der Waals surface area contributed by atoms with Crippen molar-refractivity contribution in [3.8, 4) is 0 Å². The Hall–Kier alpha value is -1.12. The molecule has 0 saturated carbocycles. The van der Waals surface area contributed by atoms with Gasteiger partial charge in [0.05, 0.1) is 4.90 Å². The number of benzene rings is 1. The predicted octanol–water partition coefficient (Wildman–Crippen LogP) is 1.76. The third-order valence-electron chi connectivity index (χ3n) is 2.70. The molecule has 1 aromatic carbocycles. The highest BCUT2D eigenvalue weighted by Crippen LogP contribution is 2.21. The Morgan fingerprint density at radius 1 is 1.20 bits per heavy atom. The van der Waals surface area contributed by atoms with E-state index in [0.717, 1.165) is 19.0 Å². The lowest BCUT2D eigenvalue weighted by Crippen LogP contribution is -2.35. The van der Waals surface area contributed by atoms with Crippen molar-refractivity contribution in [2.75, 3.05) is 20.1 Å². The van der Waals surface area contributed by atoms with Crippen LogP contribution in [0.2, 0.25) is 0 Å². The first kappa shape index (κ1) is 16.9. The number of hydrogen-bond acceptors (Lipinski definition) is 3. The van der Waals surface area contributed by atoms with E-state index in [1.54, 1.807) is 12.1 Å². The van der Waals surface area contributed by atoms with E-state index in [4.69, 9.17) is 5.73 Å². The lowest BCUT2D eigenvalue weighted by atomic mass is 10.1. The van der Waals surface area contributed by atoms with Crippen LogP contribution in [0.25, 0.3) is 0 Å². The van der Waals surface area contributed by atoms with Gasteiger partial charge in [-0.25, -0.2) is 8.42 Å². The van der Waals surface area contributed by atoms with E-state index in [0.29, 0.717) is 17.3 Å². The smallest absolute Gasteiger partial charge is 0.330 e. The van der Waals surface area contributed by atoms with Crippen molar-refractivity contribution < 1.29 is 21.6 Å². The molecule has 0 saturated heterocycles. The molecule has 1 aromatic rings. The molecule has 0 aliphatic rings. The van der Waals surface area contributed by atoms with Gasteiger partial charge >= 0.3 is 6.18 Å². The van der Waals surface area contributed by atoms with Gasteiger partial charge in [-0.1, -0.05) is 12.1 Å². The second-order valence-electron chi connectivity index (χ2n) is 4.41. The van der Waals surface area contributed by atoms with Gasteiger partial charge in [0, 0.05) is 7.05 Å². The molecule has 114 valence electrons. The summed E-state index contributed by atoms with van der Waals surface area (Å²) in [6, 6.07) is 5.80. The molecule has 0 bridgehead atoms. The molecule has 0 radical (unpaired) electrons. The Morgan fingerprint density at radius 3 is 2.20 bits per heavy atom. The van der Waals surface area contributed by atoms with E-state index in [1.165, 1.54) is 12.1 Å². The Kier molecular flexibility index (Phi) is 5.55. The minimum Gasteiger partial charge on any atom is -0.330 e. The van der Waals surface area contributed by atoms with E-state index in [2.05, 4.69) is 0 Å². The van der Waals surface area contributed by atoms with Gasteiger partial charge < -0.3 is 5.73 Å². The molecular weight excluding hydrogens is 293 g/mol. The van der Waals surface area contributed by atoms with Crippen LogP contribution in [-0.2, 0) is 16.4 Å². The van der Waals surface area contributed by atoms with Gasteiger partial charge in [0.1, 0.15) is 6.54 Å². The average molecular weight is 310 g/mol. The summed E-state index contributed by atoms with van der Waals surface area (Å²) in [4.78, 5) is -0.152. The fourth-order valence-corrected chi connectivity index (χ4v) is 2.81. The maximum Gasteiger partial charge on any atom is 0.402 e. The number of hydrogen-bond donors (Lipinski definition) is 1. The summed E-state index contributed by atoms with van der Waals surface area (Å²) in [7, 11) is -3.21. The van der Waals surface area contributed by atoms with Crippen LogP contribution >= 0.6 is 0 Å². The molecule has 0 fully saturated rings. The zero-order chi connectivity index (χ0) is 15.4. The number of sulfonamides is 1. The molecule has 4 nitrogen and oxygen atoms in total. The molecule has 20 heavy (non-hydrogen) atoms. The maximum atomic E-state index is 12.2. The van der Waals surface area contributed by atoms with E-state index in [1.807, 2.05) is 0 Å². The largest absolute Gasteiger partial charge is 0.402 e. The second kappa shape index (κ2) is 6.55. The highest BCUT2D eigenvalue weighted by atomic mass is 32.2. The van der Waals surface area contributed by atoms with Crippen molar-refractivity contribution in [1.29, 1.82) is 0 Å². The lowest BCUT2D eigenvalue weighted by Gasteiger charge is -2.18. The monoisotopic (exact) mass is 310 g/mol. The van der Waals surface area contributed by atoms with Gasteiger partial charge in [-0.2, -0.15) is 17.5 Å². The SMILES string of the molecule is CN(CC(F)(F)F)S(=O)(=O)c1ccc(CCCN)cc1. The third kappa shape index (κ3) is 4.77. The number of nitrogens with zero attached hydrogens (tertiary/aromatic N) is 1. The van der Waals surface area contributed by atoms with Gasteiger partial charge in [0.2, 0.25) is 10.0 Å². The van der Waals surface area contributed by atoms with E-state index >= 15 is 0 Å². The summed E-state index contributed by atoms with van der Waals surface area (Å²) in [5.74, 6) is 0. The van der Waals surface area contributed by atoms with Crippen LogP contribution in [0.1, 0.15) is 12.0 Å². The molecule has 8 heteroatoms. The van der Waals surface area contributed by atoms with Crippen LogP contribution in [0.5, 0.6) is 0 Å². The van der Waals surface area contributed by atoms with Crippen molar-refractivity contribution in [3.63, 3.8) is 0 Å². The molecule has 2 N–H and O–H groups in total. The summed E-state index contributed by atoms with van der Waals surface area (Å²) >= 11 is 0. The van der Waals surface area contributed by atoms with E-state index in [-0.39, 0.29) is 4.90 Å². The highest BCUT2D eigenvalue weighted by molar-refractivity contribution is 7.89. The van der Waals surface area contributed by atoms with Crippen LogP contribution in [0.3, 0.4) is 0 Å². The fourth-order valence-electron chi connectivity index (χ4n) is 1.65. The summed E-state index contributed by atoms with van der Waals surface area (Å²) in [6.45, 7) is -0.987. The quantitative estimate of drug-likeness (QED) is 0.871. The number of nitrogens with two attached hydrogens (primary N) is 1. The third-order valence-corrected chi connectivity index (χ3v) is 4.52. The highest BCUT2D eigenvalue weighted by Gasteiger charge is 2.34. The minimum atomic E-state index is -4.57. The molecule has 0 spiro atoms. The number of alkyl halides is 3. The van der Waals surface area contributed by atoms with Gasteiger partial charge in [0.25, 0.3) is 0 Å². The summed E-state index contributed by atoms with van der Waals surface area (Å²) in [5.41, 5.74) is 6.26. The topological polar surface area (TPSA) is 63.4 Å². The van der Waals surface area contributed by atoms with Crippen LogP contribution in [0.15, 0.2) is 29.2 Å². The Morgan fingerprint density at radius 2 is 1.75 bits per heavy atom. The number of rotatable bonds is 6. The van der Waals surface area contributed by atoms with E-state index in [9.17, 15) is 21.6 Å². The lowest BCUT2D eigenvalue weighted by molar-refractivity contribution is -0.134. The van der Waals surface area contributed by atoms with Gasteiger partial charge in [0.15, 0.2) is 0 Å². The van der Waals surface area contributed by atoms with Crippen molar-refractivity contribution in [2.45, 2.75) is 23.9 Å². The van der Waals surface area contributed by atoms with Crippen LogP contribution in [-0.4, -0.2) is 39.0 Å². The van der Waals surface area contributed by atoms with Gasteiger partial charge in [-0.15, -0.1) is 0 Å². The molecule has 0 aliphatic carbocycles. The Labute approximate surface area is 116 Å². The molecule has 0 amide bonds. The Bertz CT molecular complexity index is 527. The zero-order valence-corrected chi connectivity index (χ0v) is 11.8. The van der Waals surface area contributed by atoms with Gasteiger partial charge in [-0.3, -0.25) is 0 Å². The normalized spacial score (nSPS) is 12.9. The first-order valence-electron chi connectivity index (χ1n) is 5.99. The summed E-state index contributed by atoms with van der Waals surface area (Å²) in [6.07, 6.45) is -3.10. The van der Waals surface area contributed by atoms with Crippen LogP contribution in [0, 0.1) is 0 Å². The van der Waals surface area contributed by atoms with Crippen molar-refractivity contribution >= 4 is 10.0 Å². The molecule has 0 aromatic heterocycles. The second-order valence-corrected chi connectivity index (χ2v) is 6.46. The molecule has 1 rings (SSSR count). The van der Waals surface area contributed by atoms with Crippen molar-refractivity contribution in [3.05, 3.63) is 29.8 Å². The molecule has 0 atom stereocenters. The molecule has 0 heterocycles. The van der Waals surface area contributed by atoms with E-state index < -0.39 is 22.7 Å². The molecular formula is C12H17F3N2O2S. The standard InChI is InChI=1S/C12H17F3N2O2S/c1-17(9-12(13,14)15)20(18,19)11-6-4-10(5-7-11)3-2-8-16/h4-7H,2-3,8-9,16H2,1H3. The van der Waals surface area contributed by atoms with Gasteiger partial charge in [-0.05, 0) is 37.1 Å². The average Bonchev–Trinajstić information content (AvgIpc) is 2.34. The Balaban J connectivity index is 2.87. The maximum absolute atomic E-state index is 12.2. The zero-order valence-electron chi connectivity index (χ0n) is 11.0. The molecule has 0 unspecified atom stereocenters. The first-order valence-corrected chi connectivity index (χ1v) is 7.43. The minimum absolute atomic E-state index is 0.152. The first-order chi connectivity index (χ1) is 9.16. The van der Waals surface area contributed by atoms with Crippen LogP contribution in [0.4, 0.5) is 13.2 Å². The number of halogens is 3. The van der Waals surface area contributed by atoms with Crippen molar-refractivity contribution in [2.24, 2.45) is 5.73 Å². The van der Waals surface area contributed by atoms with Crippen molar-refractivity contribution in [1.82, 2.24) is 4.31 Å². The van der Waals surface area contributed by atoms with Crippen LogP contribution < -0.4 is 5.73 Å². The predicted molar refractivity (Wildman–Crippen MR) is 69.7 cm³/mol. The summed E-state index contributed by atoms with van der Waals surface area (Å²) in [5, 5.41) is 0. The summed E-state index contributed by atoms with van der Waals surface area (Å²) < 4.78 is 60.9.